The third kappa shape index (κ3) is 2.14. The number of hydrogen-bond acceptors (Lipinski definition) is 1. The molecule has 0 bridgehead atoms. The fourth-order valence-corrected chi connectivity index (χ4v) is 2.66. The van der Waals surface area contributed by atoms with Gasteiger partial charge in [-0.1, -0.05) is 13.8 Å². The molecule has 2 rings (SSSR count). The number of halogens is 3. The Kier molecular flexibility index (Phi) is 2.75. The van der Waals surface area contributed by atoms with Gasteiger partial charge in [-0.15, -0.1) is 11.6 Å². The predicted molar refractivity (Wildman–Crippen MR) is 57.5 cm³/mol. The number of hydrogen-bond donors (Lipinski definition) is 0. The van der Waals surface area contributed by atoms with Crippen molar-refractivity contribution in [2.75, 3.05) is 19.6 Å². The van der Waals surface area contributed by atoms with E-state index in [-0.39, 0.29) is 11.8 Å². The normalized spacial score (nSPS) is 45.4. The lowest BCUT2D eigenvalue weighted by molar-refractivity contribution is 0.0473. The molecule has 2 fully saturated rings. The molecule has 1 saturated heterocycles. The van der Waals surface area contributed by atoms with Gasteiger partial charge in [-0.05, 0) is 18.9 Å². The molecule has 1 nitrogen and oxygen atoms in total. The molecular formula is C11H18ClF2N. The van der Waals surface area contributed by atoms with Crippen molar-refractivity contribution in [2.45, 2.75) is 38.0 Å². The SMILES string of the molecule is CC1CCN(CC2(C)CC2(F)F)CC1Cl. The molecular weight excluding hydrogens is 220 g/mol. The molecule has 1 heterocycles. The van der Waals surface area contributed by atoms with Crippen LogP contribution in [-0.2, 0) is 0 Å². The maximum absolute atomic E-state index is 13.0. The molecule has 0 N–H and O–H groups in total. The quantitative estimate of drug-likeness (QED) is 0.668. The van der Waals surface area contributed by atoms with E-state index in [0.717, 1.165) is 19.5 Å². The van der Waals surface area contributed by atoms with E-state index in [0.29, 0.717) is 12.5 Å². The van der Waals surface area contributed by atoms with Gasteiger partial charge >= 0.3 is 0 Å². The highest BCUT2D eigenvalue weighted by Crippen LogP contribution is 2.60. The number of alkyl halides is 3. The van der Waals surface area contributed by atoms with Crippen molar-refractivity contribution in [1.29, 1.82) is 0 Å². The molecule has 1 saturated carbocycles. The Morgan fingerprint density at radius 2 is 2.07 bits per heavy atom. The number of piperidine rings is 1. The van der Waals surface area contributed by atoms with Gasteiger partial charge < -0.3 is 4.90 Å². The molecule has 3 atom stereocenters. The third-order valence-corrected chi connectivity index (χ3v) is 4.46. The minimum Gasteiger partial charge on any atom is -0.301 e. The lowest BCUT2D eigenvalue weighted by Crippen LogP contribution is -2.43. The Labute approximate surface area is 94.8 Å². The first-order valence-corrected chi connectivity index (χ1v) is 6.02. The molecule has 4 heteroatoms. The maximum atomic E-state index is 13.0. The monoisotopic (exact) mass is 237 g/mol. The van der Waals surface area contributed by atoms with Crippen LogP contribution in [0.15, 0.2) is 0 Å². The van der Waals surface area contributed by atoms with Gasteiger partial charge in [0.1, 0.15) is 0 Å². The van der Waals surface area contributed by atoms with Gasteiger partial charge in [0.2, 0.25) is 0 Å². The van der Waals surface area contributed by atoms with E-state index in [1.54, 1.807) is 6.92 Å². The summed E-state index contributed by atoms with van der Waals surface area (Å²) in [5.41, 5.74) is -0.788. The summed E-state index contributed by atoms with van der Waals surface area (Å²) in [7, 11) is 0. The number of nitrogens with zero attached hydrogens (tertiary/aromatic N) is 1. The summed E-state index contributed by atoms with van der Waals surface area (Å²) in [6.07, 6.45) is 1.06. The first-order chi connectivity index (χ1) is 6.84. The number of likely N-dealkylation sites (tertiary alicyclic amines) is 1. The molecule has 0 aromatic heterocycles. The standard InChI is InChI=1S/C11H18ClF2N/c1-8-3-4-15(5-9(8)12)7-10(2)6-11(10,13)14/h8-9H,3-7H2,1-2H3. The van der Waals surface area contributed by atoms with E-state index < -0.39 is 11.3 Å². The minimum absolute atomic E-state index is 0.0407. The highest BCUT2D eigenvalue weighted by molar-refractivity contribution is 6.21. The van der Waals surface area contributed by atoms with Crippen molar-refractivity contribution in [1.82, 2.24) is 4.90 Å². The highest BCUT2D eigenvalue weighted by Gasteiger charge is 2.68. The maximum Gasteiger partial charge on any atom is 0.255 e. The Hall–Kier alpha value is 0.110. The molecule has 0 aromatic carbocycles. The summed E-state index contributed by atoms with van der Waals surface area (Å²) in [6.45, 7) is 5.97. The van der Waals surface area contributed by atoms with E-state index in [4.69, 9.17) is 11.6 Å². The largest absolute Gasteiger partial charge is 0.301 e. The van der Waals surface area contributed by atoms with Crippen LogP contribution in [0.5, 0.6) is 0 Å². The van der Waals surface area contributed by atoms with Crippen molar-refractivity contribution in [3.8, 4) is 0 Å². The predicted octanol–water partition coefficient (Wildman–Crippen LogP) is 2.98. The van der Waals surface area contributed by atoms with Crippen molar-refractivity contribution < 1.29 is 8.78 Å². The summed E-state index contributed by atoms with van der Waals surface area (Å²) in [6, 6.07) is 0. The minimum atomic E-state index is -2.45. The van der Waals surface area contributed by atoms with E-state index in [9.17, 15) is 8.78 Å². The van der Waals surface area contributed by atoms with Gasteiger partial charge in [-0.2, -0.15) is 0 Å². The van der Waals surface area contributed by atoms with Crippen LogP contribution >= 0.6 is 11.6 Å². The average Bonchev–Trinajstić information content (AvgIpc) is 2.58. The molecule has 88 valence electrons. The molecule has 0 radical (unpaired) electrons. The number of rotatable bonds is 2. The van der Waals surface area contributed by atoms with Gasteiger partial charge in [0, 0.05) is 30.3 Å². The van der Waals surface area contributed by atoms with Crippen molar-refractivity contribution >= 4 is 11.6 Å². The van der Waals surface area contributed by atoms with Crippen LogP contribution in [0.4, 0.5) is 8.78 Å². The topological polar surface area (TPSA) is 3.24 Å². The zero-order valence-electron chi connectivity index (χ0n) is 9.27. The molecule has 0 aromatic rings. The molecule has 0 spiro atoms. The lowest BCUT2D eigenvalue weighted by atomic mass is 9.97. The average molecular weight is 238 g/mol. The summed E-state index contributed by atoms with van der Waals surface area (Å²) >= 11 is 6.15. The van der Waals surface area contributed by atoms with Crippen LogP contribution in [0.25, 0.3) is 0 Å². The molecule has 1 aliphatic carbocycles. The van der Waals surface area contributed by atoms with Crippen molar-refractivity contribution in [3.63, 3.8) is 0 Å². The Balaban J connectivity index is 1.87. The van der Waals surface area contributed by atoms with Crippen LogP contribution in [-0.4, -0.2) is 35.8 Å². The second-order valence-corrected chi connectivity index (χ2v) is 6.02. The summed E-state index contributed by atoms with van der Waals surface area (Å²) in [4.78, 5) is 2.10. The molecule has 15 heavy (non-hydrogen) atoms. The van der Waals surface area contributed by atoms with Crippen LogP contribution in [0.3, 0.4) is 0 Å². The van der Waals surface area contributed by atoms with Crippen LogP contribution in [0.2, 0.25) is 0 Å². The van der Waals surface area contributed by atoms with E-state index >= 15 is 0 Å². The third-order valence-electron chi connectivity index (χ3n) is 3.89. The molecule has 3 unspecified atom stereocenters. The van der Waals surface area contributed by atoms with Crippen LogP contribution < -0.4 is 0 Å². The fraction of sp³-hybridized carbons (Fsp3) is 1.00. The van der Waals surface area contributed by atoms with Crippen LogP contribution in [0, 0.1) is 11.3 Å². The Morgan fingerprint density at radius 1 is 1.47 bits per heavy atom. The summed E-state index contributed by atoms with van der Waals surface area (Å²) < 4.78 is 26.1. The zero-order chi connectivity index (χ0) is 11.3. The van der Waals surface area contributed by atoms with Gasteiger partial charge in [0.25, 0.3) is 5.92 Å². The zero-order valence-corrected chi connectivity index (χ0v) is 10.0. The molecule has 0 amide bonds. The second-order valence-electron chi connectivity index (χ2n) is 5.46. The van der Waals surface area contributed by atoms with Gasteiger partial charge in [0.15, 0.2) is 0 Å². The van der Waals surface area contributed by atoms with Gasteiger partial charge in [0.05, 0.1) is 0 Å². The summed E-state index contributed by atoms with van der Waals surface area (Å²) in [5.74, 6) is -1.94. The first-order valence-electron chi connectivity index (χ1n) is 5.58. The van der Waals surface area contributed by atoms with Gasteiger partial charge in [-0.25, -0.2) is 8.78 Å². The molecule has 1 aliphatic heterocycles. The van der Waals surface area contributed by atoms with E-state index in [2.05, 4.69) is 11.8 Å². The van der Waals surface area contributed by atoms with Crippen molar-refractivity contribution in [2.24, 2.45) is 11.3 Å². The van der Waals surface area contributed by atoms with Crippen LogP contribution in [0.1, 0.15) is 26.7 Å². The van der Waals surface area contributed by atoms with Crippen molar-refractivity contribution in [3.05, 3.63) is 0 Å². The molecule has 2 aliphatic rings. The Bertz CT molecular complexity index is 259. The van der Waals surface area contributed by atoms with Gasteiger partial charge in [-0.3, -0.25) is 0 Å². The lowest BCUT2D eigenvalue weighted by Gasteiger charge is -2.35. The highest BCUT2D eigenvalue weighted by atomic mass is 35.5. The second kappa shape index (κ2) is 3.56. The van der Waals surface area contributed by atoms with E-state index in [1.165, 1.54) is 0 Å². The summed E-state index contributed by atoms with van der Waals surface area (Å²) in [5, 5.41) is 0.120. The Morgan fingerprint density at radius 3 is 2.53 bits per heavy atom. The first kappa shape index (κ1) is 11.6. The smallest absolute Gasteiger partial charge is 0.255 e. The fourth-order valence-electron chi connectivity index (χ4n) is 2.34. The van der Waals surface area contributed by atoms with E-state index in [1.807, 2.05) is 0 Å².